The third-order valence-corrected chi connectivity index (χ3v) is 7.52. The summed E-state index contributed by atoms with van der Waals surface area (Å²) in [5, 5.41) is 10.1. The van der Waals surface area contributed by atoms with E-state index in [1.54, 1.807) is 0 Å². The van der Waals surface area contributed by atoms with E-state index in [9.17, 15) is 9.90 Å². The van der Waals surface area contributed by atoms with Crippen molar-refractivity contribution in [1.82, 2.24) is 0 Å². The van der Waals surface area contributed by atoms with Gasteiger partial charge in [0, 0.05) is 30.6 Å². The molecule has 164 valence electrons. The number of nitrogens with zero attached hydrogens (tertiary/aromatic N) is 1. The van der Waals surface area contributed by atoms with Crippen LogP contribution in [0.5, 0.6) is 5.75 Å². The molecule has 5 rings (SSSR count). The summed E-state index contributed by atoms with van der Waals surface area (Å²) in [4.78, 5) is 13.5. The van der Waals surface area contributed by atoms with E-state index in [4.69, 9.17) is 0 Å². The summed E-state index contributed by atoms with van der Waals surface area (Å²) < 4.78 is 0. The van der Waals surface area contributed by atoms with Crippen molar-refractivity contribution in [2.24, 2.45) is 5.92 Å². The third kappa shape index (κ3) is 3.92. The van der Waals surface area contributed by atoms with Crippen LogP contribution < -0.4 is 4.90 Å². The van der Waals surface area contributed by atoms with E-state index in [0.29, 0.717) is 17.6 Å². The van der Waals surface area contributed by atoms with Crippen LogP contribution in [0.25, 0.3) is 0 Å². The minimum Gasteiger partial charge on any atom is -0.508 e. The summed E-state index contributed by atoms with van der Waals surface area (Å²) in [5.41, 5.74) is 6.54. The number of piperidine rings is 1. The lowest BCUT2D eigenvalue weighted by atomic mass is 9.66. The molecule has 3 nitrogen and oxygen atoms in total. The molecule has 1 N–H and O–H groups in total. The van der Waals surface area contributed by atoms with Crippen molar-refractivity contribution < 1.29 is 9.90 Å². The lowest BCUT2D eigenvalue weighted by molar-refractivity contribution is -0.111. The van der Waals surface area contributed by atoms with Crippen LogP contribution >= 0.6 is 0 Å². The fourth-order valence-electron chi connectivity index (χ4n) is 5.76. The Morgan fingerprint density at radius 2 is 1.59 bits per heavy atom. The molecular formula is C29H31NO2. The van der Waals surface area contributed by atoms with Gasteiger partial charge in [-0.3, -0.25) is 0 Å². The number of rotatable bonds is 4. The summed E-state index contributed by atoms with van der Waals surface area (Å²) in [5.74, 6) is 1.63. The van der Waals surface area contributed by atoms with Gasteiger partial charge in [0.1, 0.15) is 12.0 Å². The standard InChI is InChI=1S/C29H31NO2/c1-20-17-28(22-5-3-2-4-6-22)29(26-12-11-25(32)18-27(20)26)23-7-9-24(10-8-23)30-15-13-21(19-31)14-16-30/h2-12,18-21,28-29,32H,13-17H2,1H3/t20-,28-,29-/m0/s1. The predicted octanol–water partition coefficient (Wildman–Crippen LogP) is 6.23. The Morgan fingerprint density at radius 3 is 2.28 bits per heavy atom. The van der Waals surface area contributed by atoms with E-state index in [1.165, 1.54) is 27.9 Å². The van der Waals surface area contributed by atoms with Crippen LogP contribution in [0.1, 0.15) is 66.2 Å². The number of phenols is 1. The molecule has 0 saturated carbocycles. The first-order valence-corrected chi connectivity index (χ1v) is 11.8. The molecule has 32 heavy (non-hydrogen) atoms. The van der Waals surface area contributed by atoms with Gasteiger partial charge in [-0.15, -0.1) is 0 Å². The second kappa shape index (κ2) is 8.82. The second-order valence-electron chi connectivity index (χ2n) is 9.50. The van der Waals surface area contributed by atoms with Gasteiger partial charge in [-0.2, -0.15) is 0 Å². The topological polar surface area (TPSA) is 40.5 Å². The molecule has 0 radical (unpaired) electrons. The predicted molar refractivity (Wildman–Crippen MR) is 130 cm³/mol. The lowest BCUT2D eigenvalue weighted by Gasteiger charge is -2.38. The maximum absolute atomic E-state index is 11.1. The van der Waals surface area contributed by atoms with Crippen molar-refractivity contribution in [2.75, 3.05) is 18.0 Å². The molecule has 0 aromatic heterocycles. The highest BCUT2D eigenvalue weighted by molar-refractivity contribution is 5.56. The lowest BCUT2D eigenvalue weighted by Crippen LogP contribution is -2.34. The third-order valence-electron chi connectivity index (χ3n) is 7.52. The first kappa shape index (κ1) is 20.8. The summed E-state index contributed by atoms with van der Waals surface area (Å²) in [6.45, 7) is 4.16. The van der Waals surface area contributed by atoms with E-state index in [-0.39, 0.29) is 11.8 Å². The molecule has 1 heterocycles. The van der Waals surface area contributed by atoms with E-state index in [0.717, 1.165) is 38.6 Å². The average Bonchev–Trinajstić information content (AvgIpc) is 2.85. The van der Waals surface area contributed by atoms with Crippen LogP contribution in [-0.2, 0) is 4.79 Å². The first-order chi connectivity index (χ1) is 15.6. The summed E-state index contributed by atoms with van der Waals surface area (Å²) in [6.07, 6.45) is 4.06. The van der Waals surface area contributed by atoms with Gasteiger partial charge in [-0.05, 0) is 77.6 Å². The molecule has 3 aromatic rings. The van der Waals surface area contributed by atoms with Crippen molar-refractivity contribution in [1.29, 1.82) is 0 Å². The van der Waals surface area contributed by atoms with Crippen LogP contribution in [0.4, 0.5) is 5.69 Å². The van der Waals surface area contributed by atoms with E-state index in [1.807, 2.05) is 12.1 Å². The van der Waals surface area contributed by atoms with Gasteiger partial charge in [0.05, 0.1) is 0 Å². The van der Waals surface area contributed by atoms with Gasteiger partial charge in [0.15, 0.2) is 0 Å². The highest BCUT2D eigenvalue weighted by Gasteiger charge is 2.35. The molecule has 1 fully saturated rings. The zero-order valence-corrected chi connectivity index (χ0v) is 18.7. The number of anilines is 1. The van der Waals surface area contributed by atoms with Crippen LogP contribution in [0, 0.1) is 5.92 Å². The van der Waals surface area contributed by atoms with Crippen molar-refractivity contribution >= 4 is 12.0 Å². The maximum atomic E-state index is 11.1. The van der Waals surface area contributed by atoms with Crippen LogP contribution in [0.2, 0.25) is 0 Å². The number of carbonyl (C=O) groups is 1. The molecule has 3 atom stereocenters. The zero-order valence-electron chi connectivity index (χ0n) is 18.7. The first-order valence-electron chi connectivity index (χ1n) is 11.8. The van der Waals surface area contributed by atoms with E-state index < -0.39 is 0 Å². The quantitative estimate of drug-likeness (QED) is 0.504. The number of carbonyl (C=O) groups excluding carboxylic acids is 1. The smallest absolute Gasteiger partial charge is 0.123 e. The molecular weight excluding hydrogens is 394 g/mol. The number of fused-ring (bicyclic) bond motifs is 1. The van der Waals surface area contributed by atoms with Crippen molar-refractivity contribution in [3.8, 4) is 5.75 Å². The molecule has 0 bridgehead atoms. The summed E-state index contributed by atoms with van der Waals surface area (Å²) in [7, 11) is 0. The molecule has 1 saturated heterocycles. The fraction of sp³-hybridized carbons (Fsp3) is 0.345. The minimum atomic E-state index is 0.217. The average molecular weight is 426 g/mol. The molecule has 0 unspecified atom stereocenters. The van der Waals surface area contributed by atoms with Gasteiger partial charge >= 0.3 is 0 Å². The highest BCUT2D eigenvalue weighted by Crippen LogP contribution is 2.51. The molecule has 2 aliphatic rings. The van der Waals surface area contributed by atoms with E-state index in [2.05, 4.69) is 72.5 Å². The summed E-state index contributed by atoms with van der Waals surface area (Å²) in [6, 6.07) is 25.8. The van der Waals surface area contributed by atoms with Gasteiger partial charge in [-0.1, -0.05) is 55.5 Å². The number of aromatic hydroxyl groups is 1. The Labute approximate surface area is 190 Å². The Hall–Kier alpha value is -3.07. The van der Waals surface area contributed by atoms with Crippen molar-refractivity contribution in [3.63, 3.8) is 0 Å². The molecule has 1 aliphatic carbocycles. The number of hydrogen-bond acceptors (Lipinski definition) is 3. The summed E-state index contributed by atoms with van der Waals surface area (Å²) >= 11 is 0. The molecule has 0 amide bonds. The fourth-order valence-corrected chi connectivity index (χ4v) is 5.76. The van der Waals surface area contributed by atoms with E-state index >= 15 is 0 Å². The second-order valence-corrected chi connectivity index (χ2v) is 9.50. The molecule has 0 spiro atoms. The largest absolute Gasteiger partial charge is 0.508 e. The normalized spacial score (nSPS) is 23.5. The zero-order chi connectivity index (χ0) is 22.1. The Morgan fingerprint density at radius 1 is 0.875 bits per heavy atom. The molecule has 3 aromatic carbocycles. The minimum absolute atomic E-state index is 0.217. The Kier molecular flexibility index (Phi) is 5.73. The Balaban J connectivity index is 1.50. The van der Waals surface area contributed by atoms with Crippen LogP contribution in [0.3, 0.4) is 0 Å². The number of benzene rings is 3. The van der Waals surface area contributed by atoms with Gasteiger partial charge in [-0.25, -0.2) is 0 Å². The van der Waals surface area contributed by atoms with Crippen LogP contribution in [0.15, 0.2) is 72.8 Å². The highest BCUT2D eigenvalue weighted by atomic mass is 16.3. The molecule has 1 aliphatic heterocycles. The van der Waals surface area contributed by atoms with Crippen LogP contribution in [-0.4, -0.2) is 24.5 Å². The maximum Gasteiger partial charge on any atom is 0.123 e. The van der Waals surface area contributed by atoms with Crippen molar-refractivity contribution in [3.05, 3.63) is 95.1 Å². The number of aldehydes is 1. The molecule has 3 heteroatoms. The van der Waals surface area contributed by atoms with Gasteiger partial charge in [0.25, 0.3) is 0 Å². The number of phenolic OH excluding ortho intramolecular Hbond substituents is 1. The van der Waals surface area contributed by atoms with Crippen molar-refractivity contribution in [2.45, 2.75) is 43.9 Å². The monoisotopic (exact) mass is 425 g/mol. The Bertz CT molecular complexity index is 1070. The number of hydrogen-bond donors (Lipinski definition) is 1. The van der Waals surface area contributed by atoms with Gasteiger partial charge < -0.3 is 14.8 Å². The SMILES string of the molecule is C[C@H]1C[C@@H](c2ccccc2)[C@@H](c2ccc(N3CCC(C=O)CC3)cc2)c2ccc(O)cc21. The van der Waals surface area contributed by atoms with Gasteiger partial charge in [0.2, 0.25) is 0 Å².